The first-order valence-corrected chi connectivity index (χ1v) is 9.94. The molecule has 0 aliphatic carbocycles. The van der Waals surface area contributed by atoms with Gasteiger partial charge in [0.2, 0.25) is 5.71 Å². The lowest BCUT2D eigenvalue weighted by Gasteiger charge is -2.27. The average Bonchev–Trinajstić information content (AvgIpc) is 2.79. The molecule has 1 atom stereocenters. The van der Waals surface area contributed by atoms with Crippen LogP contribution in [0.3, 0.4) is 0 Å². The first-order chi connectivity index (χ1) is 15.9. The Kier molecular flexibility index (Phi) is 7.88. The molecule has 34 heavy (non-hydrogen) atoms. The minimum atomic E-state index is -4.86. The number of nitrogens with one attached hydrogen (secondary N) is 1. The van der Waals surface area contributed by atoms with E-state index in [1.807, 2.05) is 6.07 Å². The molecule has 0 aromatic heterocycles. The maximum Gasteiger partial charge on any atom is 0.416 e. The summed E-state index contributed by atoms with van der Waals surface area (Å²) in [6.45, 7) is 2.43. The minimum absolute atomic E-state index is 0.244. The van der Waals surface area contributed by atoms with Crippen LogP contribution in [0, 0.1) is 22.7 Å². The van der Waals surface area contributed by atoms with E-state index in [0.29, 0.717) is 16.0 Å². The number of carbonyl (C=O) groups excluding carboxylic acids is 1. The molecular formula is C22H17ClF3N5O3. The highest BCUT2D eigenvalue weighted by atomic mass is 35.5. The number of hydrogen-bond acceptors (Lipinski definition) is 6. The molecule has 2 aromatic carbocycles. The summed E-state index contributed by atoms with van der Waals surface area (Å²) in [4.78, 5) is 23.5. The van der Waals surface area contributed by atoms with Crippen LogP contribution in [0.5, 0.6) is 0 Å². The van der Waals surface area contributed by atoms with Crippen molar-refractivity contribution in [1.82, 2.24) is 4.90 Å². The molecular weight excluding hydrogens is 475 g/mol. The predicted molar refractivity (Wildman–Crippen MR) is 117 cm³/mol. The number of hydrogen-bond donors (Lipinski definition) is 2. The molecule has 0 spiro atoms. The number of amides is 2. The van der Waals surface area contributed by atoms with Gasteiger partial charge in [0.15, 0.2) is 0 Å². The number of rotatable bonds is 6. The number of hydrazone groups is 1. The van der Waals surface area contributed by atoms with Gasteiger partial charge in [-0.1, -0.05) is 29.8 Å². The van der Waals surface area contributed by atoms with Crippen molar-refractivity contribution in [1.29, 1.82) is 10.5 Å². The first kappa shape index (κ1) is 26.2. The molecule has 2 N–H and O–H groups in total. The third-order valence-corrected chi connectivity index (χ3v) is 5.16. The summed E-state index contributed by atoms with van der Waals surface area (Å²) in [6.07, 6.45) is -6.48. The van der Waals surface area contributed by atoms with E-state index >= 15 is 0 Å². The van der Waals surface area contributed by atoms with E-state index in [1.54, 1.807) is 0 Å². The van der Waals surface area contributed by atoms with Gasteiger partial charge in [0.25, 0.3) is 5.91 Å². The zero-order valence-corrected chi connectivity index (χ0v) is 18.6. The standard InChI is InChI=1S/C22H17ClF3N5O3/c1-3-31(20(33)34)19(32)18(11-27)30-29-15-8-9-16(17(10-15)22(24,25)26)21(2,12-28)13-4-6-14(23)7-5-13/h4-10,29H,3H2,1-2H3,(H,33,34)/b30-18+. The number of nitrogens with zero attached hydrogens (tertiary/aromatic N) is 4. The van der Waals surface area contributed by atoms with Crippen molar-refractivity contribution in [2.45, 2.75) is 25.4 Å². The molecule has 0 saturated carbocycles. The predicted octanol–water partition coefficient (Wildman–Crippen LogP) is 5.01. The molecule has 176 valence electrons. The monoisotopic (exact) mass is 491 g/mol. The fourth-order valence-electron chi connectivity index (χ4n) is 3.08. The average molecular weight is 492 g/mol. The second-order valence-electron chi connectivity index (χ2n) is 7.02. The van der Waals surface area contributed by atoms with Gasteiger partial charge in [0.05, 0.1) is 17.3 Å². The Morgan fingerprint density at radius 2 is 1.76 bits per heavy atom. The maximum absolute atomic E-state index is 13.9. The van der Waals surface area contributed by atoms with Crippen molar-refractivity contribution in [3.63, 3.8) is 0 Å². The van der Waals surface area contributed by atoms with Gasteiger partial charge in [-0.05, 0) is 49.2 Å². The lowest BCUT2D eigenvalue weighted by Crippen LogP contribution is -2.40. The van der Waals surface area contributed by atoms with Gasteiger partial charge in [-0.15, -0.1) is 0 Å². The van der Waals surface area contributed by atoms with Crippen molar-refractivity contribution >= 4 is 35.0 Å². The third-order valence-electron chi connectivity index (χ3n) is 4.91. The molecule has 2 amide bonds. The summed E-state index contributed by atoms with van der Waals surface area (Å²) in [7, 11) is 0. The summed E-state index contributed by atoms with van der Waals surface area (Å²) in [6, 6.07) is 12.1. The number of carboxylic acid groups (broad SMARTS) is 1. The van der Waals surface area contributed by atoms with Crippen molar-refractivity contribution in [2.24, 2.45) is 5.10 Å². The van der Waals surface area contributed by atoms with Crippen molar-refractivity contribution in [3.8, 4) is 12.1 Å². The summed E-state index contributed by atoms with van der Waals surface area (Å²) in [5, 5.41) is 31.7. The number of alkyl halides is 3. The summed E-state index contributed by atoms with van der Waals surface area (Å²) in [5.41, 5.74) is -1.81. The second-order valence-corrected chi connectivity index (χ2v) is 7.45. The van der Waals surface area contributed by atoms with E-state index in [-0.39, 0.29) is 23.4 Å². The third kappa shape index (κ3) is 5.45. The fraction of sp³-hybridized carbons (Fsp3) is 0.227. The van der Waals surface area contributed by atoms with Gasteiger partial charge in [-0.25, -0.2) is 9.69 Å². The highest BCUT2D eigenvalue weighted by Gasteiger charge is 2.41. The number of carbonyl (C=O) groups is 2. The zero-order valence-electron chi connectivity index (χ0n) is 17.8. The lowest BCUT2D eigenvalue weighted by molar-refractivity contribution is -0.138. The number of halogens is 4. The molecule has 0 radical (unpaired) electrons. The SMILES string of the molecule is CCN(C(=O)O)C(=O)/C(C#N)=N/Nc1ccc(C(C)(C#N)c2ccc(Cl)cc2)c(C(F)(F)F)c1. The molecule has 0 saturated heterocycles. The van der Waals surface area contributed by atoms with E-state index in [1.165, 1.54) is 50.2 Å². The van der Waals surface area contributed by atoms with Gasteiger partial charge in [0.1, 0.15) is 11.5 Å². The number of anilines is 1. The molecule has 12 heteroatoms. The van der Waals surface area contributed by atoms with Gasteiger partial charge in [-0.2, -0.15) is 28.8 Å². The molecule has 1 unspecified atom stereocenters. The molecule has 8 nitrogen and oxygen atoms in total. The van der Waals surface area contributed by atoms with E-state index in [9.17, 15) is 28.0 Å². The normalized spacial score (nSPS) is 13.2. The molecule has 0 bridgehead atoms. The fourth-order valence-corrected chi connectivity index (χ4v) is 3.21. The molecule has 0 aliphatic heterocycles. The van der Waals surface area contributed by atoms with Crippen LogP contribution >= 0.6 is 11.6 Å². The molecule has 2 rings (SSSR count). The van der Waals surface area contributed by atoms with Gasteiger partial charge < -0.3 is 5.11 Å². The van der Waals surface area contributed by atoms with Crippen molar-refractivity contribution in [3.05, 3.63) is 64.2 Å². The van der Waals surface area contributed by atoms with Crippen LogP contribution in [0.25, 0.3) is 0 Å². The first-order valence-electron chi connectivity index (χ1n) is 9.56. The highest BCUT2D eigenvalue weighted by molar-refractivity contribution is 6.46. The van der Waals surface area contributed by atoms with E-state index in [2.05, 4.69) is 10.5 Å². The zero-order chi connectivity index (χ0) is 25.7. The van der Waals surface area contributed by atoms with Crippen molar-refractivity contribution < 1.29 is 27.9 Å². The number of nitriles is 2. The Morgan fingerprint density at radius 1 is 1.15 bits per heavy atom. The topological polar surface area (TPSA) is 130 Å². The van der Waals surface area contributed by atoms with E-state index in [4.69, 9.17) is 22.0 Å². The summed E-state index contributed by atoms with van der Waals surface area (Å²) < 4.78 is 41.8. The van der Waals surface area contributed by atoms with Crippen LogP contribution in [0.4, 0.5) is 23.7 Å². The van der Waals surface area contributed by atoms with E-state index in [0.717, 1.165) is 6.07 Å². The second kappa shape index (κ2) is 10.2. The van der Waals surface area contributed by atoms with Gasteiger partial charge in [-0.3, -0.25) is 10.2 Å². The Bertz CT molecular complexity index is 1220. The molecule has 0 heterocycles. The molecule has 0 fully saturated rings. The van der Waals surface area contributed by atoms with E-state index < -0.39 is 34.9 Å². The van der Waals surface area contributed by atoms with Gasteiger partial charge in [0, 0.05) is 11.6 Å². The lowest BCUT2D eigenvalue weighted by atomic mass is 9.75. The smallest absolute Gasteiger partial charge is 0.416 e. The Balaban J connectivity index is 2.53. The van der Waals surface area contributed by atoms with Crippen LogP contribution in [0.1, 0.15) is 30.5 Å². The Labute approximate surface area is 197 Å². The van der Waals surface area contributed by atoms with Crippen LogP contribution in [-0.4, -0.2) is 34.3 Å². The molecule has 2 aromatic rings. The Morgan fingerprint density at radius 3 is 2.24 bits per heavy atom. The van der Waals surface area contributed by atoms with Crippen molar-refractivity contribution in [2.75, 3.05) is 12.0 Å². The van der Waals surface area contributed by atoms with Crippen LogP contribution in [-0.2, 0) is 16.4 Å². The van der Waals surface area contributed by atoms with Crippen LogP contribution in [0.2, 0.25) is 5.02 Å². The quantitative estimate of drug-likeness (QED) is 0.431. The van der Waals surface area contributed by atoms with Gasteiger partial charge >= 0.3 is 12.3 Å². The largest absolute Gasteiger partial charge is 0.465 e. The summed E-state index contributed by atoms with van der Waals surface area (Å²) in [5.74, 6) is -1.24. The molecule has 0 aliphatic rings. The maximum atomic E-state index is 13.9. The van der Waals surface area contributed by atoms with Crippen LogP contribution < -0.4 is 5.43 Å². The minimum Gasteiger partial charge on any atom is -0.465 e. The Hall–Kier alpha value is -4.09. The number of benzene rings is 2. The van der Waals surface area contributed by atoms with Crippen LogP contribution in [0.15, 0.2) is 47.6 Å². The highest BCUT2D eigenvalue weighted by Crippen LogP contribution is 2.42. The summed E-state index contributed by atoms with van der Waals surface area (Å²) >= 11 is 5.85. The number of imide groups is 1.